The van der Waals surface area contributed by atoms with Crippen LogP contribution in [0, 0.1) is 0 Å². The summed E-state index contributed by atoms with van der Waals surface area (Å²) < 4.78 is 10.5. The van der Waals surface area contributed by atoms with Gasteiger partial charge in [-0.05, 0) is 30.9 Å². The smallest absolute Gasteiger partial charge is 0.335 e. The highest BCUT2D eigenvalue weighted by Crippen LogP contribution is 2.27. The van der Waals surface area contributed by atoms with E-state index in [1.165, 1.54) is 6.92 Å². The zero-order valence-electron chi connectivity index (χ0n) is 18.5. The Balaban J connectivity index is 1.99. The zero-order chi connectivity index (χ0) is 23.1. The summed E-state index contributed by atoms with van der Waals surface area (Å²) in [5.41, 5.74) is 4.13. The first-order valence-electron chi connectivity index (χ1n) is 10.5. The molecule has 0 radical (unpaired) electrons. The Morgan fingerprint density at radius 1 is 0.938 bits per heavy atom. The van der Waals surface area contributed by atoms with E-state index in [1.807, 2.05) is 48.5 Å². The third-order valence-corrected chi connectivity index (χ3v) is 4.84. The first-order chi connectivity index (χ1) is 15.4. The van der Waals surface area contributed by atoms with Crippen LogP contribution in [0.3, 0.4) is 0 Å². The highest BCUT2D eigenvalue weighted by atomic mass is 16.7. The van der Waals surface area contributed by atoms with Gasteiger partial charge in [-0.25, -0.2) is 9.78 Å². The third-order valence-electron chi connectivity index (χ3n) is 4.84. The maximum atomic E-state index is 11.6. The number of esters is 1. The van der Waals surface area contributed by atoms with E-state index in [9.17, 15) is 9.90 Å². The molecule has 0 aliphatic heterocycles. The van der Waals surface area contributed by atoms with Crippen LogP contribution in [0.2, 0.25) is 0 Å². The van der Waals surface area contributed by atoms with Crippen molar-refractivity contribution in [3.63, 3.8) is 0 Å². The molecule has 2 aromatic carbocycles. The van der Waals surface area contributed by atoms with Crippen molar-refractivity contribution in [2.45, 2.75) is 39.9 Å². The van der Waals surface area contributed by atoms with Crippen molar-refractivity contribution in [1.29, 1.82) is 0 Å². The summed E-state index contributed by atoms with van der Waals surface area (Å²) in [5, 5.41) is 9.99. The number of nitrogens with zero attached hydrogens (tertiary/aromatic N) is 3. The van der Waals surface area contributed by atoms with Gasteiger partial charge in [0.15, 0.2) is 18.3 Å². The Hall–Kier alpha value is -3.58. The van der Waals surface area contributed by atoms with Gasteiger partial charge in [0.25, 0.3) is 0 Å². The lowest BCUT2D eigenvalue weighted by molar-refractivity contribution is -0.167. The van der Waals surface area contributed by atoms with E-state index < -0.39 is 12.3 Å². The van der Waals surface area contributed by atoms with Crippen molar-refractivity contribution in [2.24, 2.45) is 0 Å². The summed E-state index contributed by atoms with van der Waals surface area (Å²) in [6, 6.07) is 15.8. The Labute approximate surface area is 187 Å². The van der Waals surface area contributed by atoms with Crippen molar-refractivity contribution in [1.82, 2.24) is 15.0 Å². The Morgan fingerprint density at radius 2 is 1.44 bits per heavy atom. The normalized spacial score (nSPS) is 11.6. The number of benzene rings is 2. The Bertz CT molecular complexity index is 1050. The van der Waals surface area contributed by atoms with E-state index in [1.54, 1.807) is 0 Å². The van der Waals surface area contributed by atoms with Crippen LogP contribution in [0.15, 0.2) is 60.7 Å². The van der Waals surface area contributed by atoms with Crippen LogP contribution in [0.4, 0.5) is 0 Å². The molecule has 0 saturated heterocycles. The van der Waals surface area contributed by atoms with Crippen molar-refractivity contribution in [3.8, 4) is 28.8 Å². The molecule has 1 atom stereocenters. The molecule has 1 heterocycles. The fourth-order valence-corrected chi connectivity index (χ4v) is 3.16. The number of aliphatic hydroxyl groups is 1. The maximum Gasteiger partial charge on any atom is 0.335 e. The molecule has 0 spiro atoms. The summed E-state index contributed by atoms with van der Waals surface area (Å²) in [4.78, 5) is 25.3. The molecule has 7 nitrogen and oxygen atoms in total. The Morgan fingerprint density at radius 3 is 1.91 bits per heavy atom. The van der Waals surface area contributed by atoms with Crippen LogP contribution in [-0.2, 0) is 22.4 Å². The number of aliphatic hydroxyl groups excluding tert-OH is 1. The van der Waals surface area contributed by atoms with Crippen molar-refractivity contribution in [2.75, 3.05) is 6.61 Å². The van der Waals surface area contributed by atoms with Gasteiger partial charge in [-0.3, -0.25) is 0 Å². The number of hydrogen-bond acceptors (Lipinski definition) is 7. The van der Waals surface area contributed by atoms with Crippen LogP contribution in [0.25, 0.3) is 22.8 Å². The molecule has 0 amide bonds. The lowest BCUT2D eigenvalue weighted by atomic mass is 10.0. The summed E-state index contributed by atoms with van der Waals surface area (Å²) in [7, 11) is 0. The molecule has 0 bridgehead atoms. The summed E-state index contributed by atoms with van der Waals surface area (Å²) in [5.74, 6) is 0.246. The molecule has 0 fully saturated rings. The highest BCUT2D eigenvalue weighted by Gasteiger charge is 2.17. The van der Waals surface area contributed by atoms with E-state index in [0.29, 0.717) is 11.6 Å². The predicted molar refractivity (Wildman–Crippen MR) is 122 cm³/mol. The number of carbonyl (C=O) groups is 1. The average Bonchev–Trinajstić information content (AvgIpc) is 2.82. The second-order valence-electron chi connectivity index (χ2n) is 7.24. The Kier molecular flexibility index (Phi) is 7.68. The number of rotatable bonds is 9. The molecular weight excluding hydrogens is 406 g/mol. The van der Waals surface area contributed by atoms with Crippen LogP contribution < -0.4 is 4.74 Å². The lowest BCUT2D eigenvalue weighted by Crippen LogP contribution is -2.25. The van der Waals surface area contributed by atoms with Gasteiger partial charge in [-0.1, -0.05) is 69.0 Å². The third kappa shape index (κ3) is 5.56. The predicted octanol–water partition coefficient (Wildman–Crippen LogP) is 4.15. The fourth-order valence-electron chi connectivity index (χ4n) is 3.16. The van der Waals surface area contributed by atoms with E-state index in [0.717, 1.165) is 35.1 Å². The van der Waals surface area contributed by atoms with Crippen LogP contribution in [0.5, 0.6) is 6.01 Å². The molecule has 3 aromatic rings. The van der Waals surface area contributed by atoms with Crippen molar-refractivity contribution < 1.29 is 19.4 Å². The summed E-state index contributed by atoms with van der Waals surface area (Å²) >= 11 is 0. The van der Waals surface area contributed by atoms with E-state index in [2.05, 4.69) is 30.4 Å². The van der Waals surface area contributed by atoms with Gasteiger partial charge >= 0.3 is 12.0 Å². The molecule has 0 saturated carbocycles. The van der Waals surface area contributed by atoms with Gasteiger partial charge in [-0.15, -0.1) is 0 Å². The molecule has 0 aliphatic carbocycles. The average molecular weight is 434 g/mol. The molecule has 1 N–H and O–H groups in total. The quantitative estimate of drug-likeness (QED) is 0.308. The van der Waals surface area contributed by atoms with Crippen molar-refractivity contribution >= 4 is 5.97 Å². The molecule has 1 aromatic heterocycles. The van der Waals surface area contributed by atoms with Crippen LogP contribution >= 0.6 is 0 Å². The molecular formula is C25H27N3O4. The van der Waals surface area contributed by atoms with Gasteiger partial charge in [-0.2, -0.15) is 9.97 Å². The number of aromatic nitrogens is 3. The minimum absolute atomic E-state index is 0.0345. The number of ether oxygens (including phenoxy) is 2. The van der Waals surface area contributed by atoms with Gasteiger partial charge in [0.05, 0.1) is 0 Å². The minimum Gasteiger partial charge on any atom is -0.457 e. The topological polar surface area (TPSA) is 94.4 Å². The first-order valence-corrected chi connectivity index (χ1v) is 10.5. The maximum absolute atomic E-state index is 11.6. The number of aryl methyl sites for hydroxylation is 2. The monoisotopic (exact) mass is 433 g/mol. The summed E-state index contributed by atoms with van der Waals surface area (Å²) in [6.07, 6.45) is 0.150. The van der Waals surface area contributed by atoms with E-state index >= 15 is 0 Å². The van der Waals surface area contributed by atoms with Gasteiger partial charge in [0, 0.05) is 16.7 Å². The second-order valence-corrected chi connectivity index (χ2v) is 7.24. The fraction of sp³-hybridized carbons (Fsp3) is 0.280. The van der Waals surface area contributed by atoms with Gasteiger partial charge < -0.3 is 14.6 Å². The summed E-state index contributed by atoms with van der Waals surface area (Å²) in [6.45, 7) is 8.79. The van der Waals surface area contributed by atoms with Crippen molar-refractivity contribution in [3.05, 3.63) is 71.8 Å². The molecule has 32 heavy (non-hydrogen) atoms. The van der Waals surface area contributed by atoms with E-state index in [4.69, 9.17) is 14.5 Å². The highest BCUT2D eigenvalue weighted by molar-refractivity contribution is 5.87. The van der Waals surface area contributed by atoms with Gasteiger partial charge in [0.1, 0.15) is 0 Å². The zero-order valence-corrected chi connectivity index (χ0v) is 18.5. The number of carbonyl (C=O) groups excluding carboxylic acids is 1. The molecule has 166 valence electrons. The lowest BCUT2D eigenvalue weighted by Gasteiger charge is -2.14. The standard InChI is InChI=1S/C25H27N3O4/c1-5-17-11-7-9-13-19(17)22-26-23(20-14-10-8-12-18(20)6-2)28-25(27-22)31-15-21(29)32-24(30)16(3)4/h7-14,21,29H,3,5-6,15H2,1-2,4H3. The molecule has 0 aliphatic rings. The van der Waals surface area contributed by atoms with E-state index in [-0.39, 0.29) is 18.2 Å². The van der Waals surface area contributed by atoms with Crippen LogP contribution in [0.1, 0.15) is 31.9 Å². The molecule has 3 rings (SSSR count). The largest absolute Gasteiger partial charge is 0.457 e. The minimum atomic E-state index is -1.48. The van der Waals surface area contributed by atoms with Gasteiger partial charge in [0.2, 0.25) is 6.29 Å². The second kappa shape index (κ2) is 10.6. The molecule has 7 heteroatoms. The van der Waals surface area contributed by atoms with Crippen LogP contribution in [-0.4, -0.2) is 38.9 Å². The number of hydrogen-bond donors (Lipinski definition) is 1. The molecule has 1 unspecified atom stereocenters. The first kappa shape index (κ1) is 23.1. The SMILES string of the molecule is C=C(C)C(=O)OC(O)COc1nc(-c2ccccc2CC)nc(-c2ccccc2CC)n1.